The van der Waals surface area contributed by atoms with E-state index in [0.29, 0.717) is 31.6 Å². The third-order valence-corrected chi connectivity index (χ3v) is 4.29. The summed E-state index contributed by atoms with van der Waals surface area (Å²) in [5.41, 5.74) is 0. The number of likely N-dealkylation sites (tertiary alicyclic amines) is 1. The average molecular weight is 252 g/mol. The summed E-state index contributed by atoms with van der Waals surface area (Å²) in [6, 6.07) is 0.242. The molecular formula is C12H20N4O2. The van der Waals surface area contributed by atoms with Gasteiger partial charge < -0.3 is 10.6 Å². The first-order chi connectivity index (χ1) is 8.75. The fraction of sp³-hybridized carbons (Fsp3) is 0.833. The molecule has 2 unspecified atom stereocenters. The van der Waals surface area contributed by atoms with Gasteiger partial charge in [0.1, 0.15) is 0 Å². The maximum Gasteiger partial charge on any atom is 0.324 e. The molecular weight excluding hydrogens is 232 g/mol. The van der Waals surface area contributed by atoms with Crippen molar-refractivity contribution in [2.45, 2.75) is 18.9 Å². The summed E-state index contributed by atoms with van der Waals surface area (Å²) in [4.78, 5) is 27.2. The molecule has 0 saturated carbocycles. The maximum atomic E-state index is 12.1. The Labute approximate surface area is 107 Å². The average Bonchev–Trinajstić information content (AvgIpc) is 2.97. The Kier molecular flexibility index (Phi) is 3.22. The van der Waals surface area contributed by atoms with Gasteiger partial charge in [0.25, 0.3) is 0 Å². The molecule has 3 aliphatic heterocycles. The predicted molar refractivity (Wildman–Crippen MR) is 66.1 cm³/mol. The van der Waals surface area contributed by atoms with Gasteiger partial charge in [-0.05, 0) is 31.8 Å². The van der Waals surface area contributed by atoms with Crippen LogP contribution >= 0.6 is 0 Å². The number of hydrogen-bond acceptors (Lipinski definition) is 4. The summed E-state index contributed by atoms with van der Waals surface area (Å²) in [5, 5.41) is 6.07. The first-order valence-electron chi connectivity index (χ1n) is 6.78. The van der Waals surface area contributed by atoms with Gasteiger partial charge in [-0.15, -0.1) is 0 Å². The van der Waals surface area contributed by atoms with E-state index in [9.17, 15) is 9.59 Å². The van der Waals surface area contributed by atoms with E-state index in [0.717, 1.165) is 26.1 Å². The highest BCUT2D eigenvalue weighted by molar-refractivity contribution is 5.96. The number of imide groups is 1. The van der Waals surface area contributed by atoms with E-state index in [1.54, 1.807) is 0 Å². The smallest absolute Gasteiger partial charge is 0.324 e. The summed E-state index contributed by atoms with van der Waals surface area (Å²) >= 11 is 0. The Bertz CT molecular complexity index is 360. The summed E-state index contributed by atoms with van der Waals surface area (Å²) in [7, 11) is 0. The second-order valence-electron chi connectivity index (χ2n) is 5.38. The number of carbonyl (C=O) groups is 2. The number of nitrogens with zero attached hydrogens (tertiary/aromatic N) is 2. The number of hydrogen-bond donors (Lipinski definition) is 2. The van der Waals surface area contributed by atoms with Crippen LogP contribution in [0.5, 0.6) is 0 Å². The quantitative estimate of drug-likeness (QED) is 0.677. The highest BCUT2D eigenvalue weighted by Gasteiger charge is 2.37. The van der Waals surface area contributed by atoms with Crippen molar-refractivity contribution in [3.8, 4) is 0 Å². The highest BCUT2D eigenvalue weighted by Crippen LogP contribution is 2.26. The maximum absolute atomic E-state index is 12.1. The SMILES string of the molecule is O=C(CN1CCCC2CNCC21)N1CCNC1=O. The molecule has 3 aliphatic rings. The molecule has 3 amide bonds. The zero-order chi connectivity index (χ0) is 12.5. The first-order valence-corrected chi connectivity index (χ1v) is 6.78. The predicted octanol–water partition coefficient (Wildman–Crippen LogP) is -0.778. The highest BCUT2D eigenvalue weighted by atomic mass is 16.2. The Morgan fingerprint density at radius 3 is 3.00 bits per heavy atom. The van der Waals surface area contributed by atoms with Crippen LogP contribution in [0.2, 0.25) is 0 Å². The molecule has 3 heterocycles. The van der Waals surface area contributed by atoms with Crippen LogP contribution in [0.25, 0.3) is 0 Å². The van der Waals surface area contributed by atoms with Gasteiger partial charge >= 0.3 is 6.03 Å². The van der Waals surface area contributed by atoms with E-state index >= 15 is 0 Å². The molecule has 3 fully saturated rings. The number of carbonyl (C=O) groups excluding carboxylic acids is 2. The van der Waals surface area contributed by atoms with Crippen LogP contribution in [0.1, 0.15) is 12.8 Å². The molecule has 0 aromatic heterocycles. The molecule has 0 aromatic carbocycles. The van der Waals surface area contributed by atoms with Crippen molar-refractivity contribution in [2.24, 2.45) is 5.92 Å². The van der Waals surface area contributed by atoms with E-state index in [4.69, 9.17) is 0 Å². The lowest BCUT2D eigenvalue weighted by molar-refractivity contribution is -0.129. The summed E-state index contributed by atoms with van der Waals surface area (Å²) in [6.07, 6.45) is 2.41. The molecule has 100 valence electrons. The number of urea groups is 1. The van der Waals surface area contributed by atoms with Gasteiger partial charge in [-0.25, -0.2) is 4.79 Å². The second kappa shape index (κ2) is 4.85. The standard InChI is InChI=1S/C12H20N4O2/c17-11(16-5-3-14-12(16)18)8-15-4-1-2-9-6-13-7-10(9)15/h9-10,13H,1-8H2,(H,14,18). The van der Waals surface area contributed by atoms with Crippen LogP contribution in [-0.4, -0.2) is 67.0 Å². The second-order valence-corrected chi connectivity index (χ2v) is 5.38. The Hall–Kier alpha value is -1.14. The van der Waals surface area contributed by atoms with Crippen molar-refractivity contribution < 1.29 is 9.59 Å². The fourth-order valence-electron chi connectivity index (χ4n) is 3.33. The Morgan fingerprint density at radius 2 is 2.22 bits per heavy atom. The lowest BCUT2D eigenvalue weighted by Crippen LogP contribution is -2.50. The summed E-state index contributed by atoms with van der Waals surface area (Å²) in [6.45, 7) is 4.50. The van der Waals surface area contributed by atoms with Crippen molar-refractivity contribution in [3.63, 3.8) is 0 Å². The molecule has 0 radical (unpaired) electrons. The minimum atomic E-state index is -0.238. The monoisotopic (exact) mass is 252 g/mol. The number of rotatable bonds is 2. The van der Waals surface area contributed by atoms with Gasteiger partial charge in [-0.1, -0.05) is 0 Å². The van der Waals surface area contributed by atoms with E-state index in [1.807, 2.05) is 0 Å². The minimum Gasteiger partial charge on any atom is -0.336 e. The van der Waals surface area contributed by atoms with Gasteiger partial charge in [-0.2, -0.15) is 0 Å². The van der Waals surface area contributed by atoms with E-state index < -0.39 is 0 Å². The third kappa shape index (κ3) is 2.10. The number of amides is 3. The van der Waals surface area contributed by atoms with E-state index in [2.05, 4.69) is 15.5 Å². The van der Waals surface area contributed by atoms with Gasteiger partial charge in [0, 0.05) is 25.7 Å². The Morgan fingerprint density at radius 1 is 1.33 bits per heavy atom. The van der Waals surface area contributed by atoms with Crippen LogP contribution in [0.4, 0.5) is 4.79 Å². The van der Waals surface area contributed by atoms with Gasteiger partial charge in [-0.3, -0.25) is 14.6 Å². The van der Waals surface area contributed by atoms with Crippen molar-refractivity contribution >= 4 is 11.9 Å². The zero-order valence-corrected chi connectivity index (χ0v) is 10.5. The van der Waals surface area contributed by atoms with Crippen molar-refractivity contribution in [3.05, 3.63) is 0 Å². The molecule has 3 saturated heterocycles. The topological polar surface area (TPSA) is 64.7 Å². The van der Waals surface area contributed by atoms with Crippen molar-refractivity contribution in [1.29, 1.82) is 0 Å². The number of fused-ring (bicyclic) bond motifs is 1. The van der Waals surface area contributed by atoms with E-state index in [-0.39, 0.29) is 11.9 Å². The van der Waals surface area contributed by atoms with E-state index in [1.165, 1.54) is 11.3 Å². The molecule has 0 aromatic rings. The molecule has 0 spiro atoms. The van der Waals surface area contributed by atoms with Gasteiger partial charge in [0.15, 0.2) is 0 Å². The van der Waals surface area contributed by atoms with Crippen molar-refractivity contribution in [2.75, 3.05) is 39.3 Å². The van der Waals surface area contributed by atoms with Gasteiger partial charge in [0.2, 0.25) is 5.91 Å². The molecule has 0 bridgehead atoms. The molecule has 6 heteroatoms. The molecule has 2 atom stereocenters. The third-order valence-electron chi connectivity index (χ3n) is 4.29. The molecule has 3 rings (SSSR count). The lowest BCUT2D eigenvalue weighted by atomic mass is 9.92. The van der Waals surface area contributed by atoms with Crippen LogP contribution in [-0.2, 0) is 4.79 Å². The minimum absolute atomic E-state index is 0.0578. The fourth-order valence-corrected chi connectivity index (χ4v) is 3.33. The van der Waals surface area contributed by atoms with Gasteiger partial charge in [0.05, 0.1) is 6.54 Å². The molecule has 6 nitrogen and oxygen atoms in total. The summed E-state index contributed by atoms with van der Waals surface area (Å²) in [5.74, 6) is 0.622. The summed E-state index contributed by atoms with van der Waals surface area (Å²) < 4.78 is 0. The van der Waals surface area contributed by atoms with Crippen LogP contribution in [0.3, 0.4) is 0 Å². The number of nitrogens with one attached hydrogen (secondary N) is 2. The van der Waals surface area contributed by atoms with Crippen LogP contribution < -0.4 is 10.6 Å². The Balaban J connectivity index is 1.61. The number of piperidine rings is 1. The van der Waals surface area contributed by atoms with Crippen LogP contribution in [0.15, 0.2) is 0 Å². The normalized spacial score (nSPS) is 32.4. The molecule has 18 heavy (non-hydrogen) atoms. The van der Waals surface area contributed by atoms with Crippen molar-refractivity contribution in [1.82, 2.24) is 20.4 Å². The molecule has 2 N–H and O–H groups in total. The first kappa shape index (κ1) is 11.9. The lowest BCUT2D eigenvalue weighted by Gasteiger charge is -2.36. The zero-order valence-electron chi connectivity index (χ0n) is 10.5. The van der Waals surface area contributed by atoms with Crippen LogP contribution in [0, 0.1) is 5.92 Å². The largest absolute Gasteiger partial charge is 0.336 e. The molecule has 0 aliphatic carbocycles.